The fourth-order valence-electron chi connectivity index (χ4n) is 2.17. The molecular weight excluding hydrogens is 226 g/mol. The number of nitrogens with one attached hydrogen (secondary N) is 1. The second-order valence-corrected chi connectivity index (χ2v) is 4.29. The van der Waals surface area contributed by atoms with Crippen LogP contribution in [0.15, 0.2) is 42.5 Å². The van der Waals surface area contributed by atoms with E-state index in [0.29, 0.717) is 12.1 Å². The molecule has 2 aromatic rings. The molecule has 2 aromatic carbocycles. The molecule has 0 saturated heterocycles. The van der Waals surface area contributed by atoms with Gasteiger partial charge in [0.1, 0.15) is 6.29 Å². The van der Waals surface area contributed by atoms with Gasteiger partial charge >= 0.3 is 0 Å². The summed E-state index contributed by atoms with van der Waals surface area (Å²) in [4.78, 5) is 22.0. The van der Waals surface area contributed by atoms with Crippen LogP contribution >= 0.6 is 0 Å². The molecule has 0 radical (unpaired) electrons. The molecule has 3 nitrogen and oxygen atoms in total. The Morgan fingerprint density at radius 2 is 1.72 bits per heavy atom. The van der Waals surface area contributed by atoms with Crippen molar-refractivity contribution >= 4 is 12.2 Å². The summed E-state index contributed by atoms with van der Waals surface area (Å²) < 4.78 is 0. The van der Waals surface area contributed by atoms with Crippen molar-refractivity contribution < 1.29 is 9.59 Å². The van der Waals surface area contributed by atoms with Gasteiger partial charge in [0.15, 0.2) is 0 Å². The van der Waals surface area contributed by atoms with Crippen molar-refractivity contribution in [2.45, 2.75) is 6.54 Å². The second kappa shape index (κ2) is 4.11. The van der Waals surface area contributed by atoms with E-state index in [9.17, 15) is 9.59 Å². The molecule has 0 spiro atoms. The Bertz CT molecular complexity index is 629. The number of carbonyl (C=O) groups excluding carboxylic acids is 2. The normalized spacial score (nSPS) is 13.0. The molecule has 1 aliphatic rings. The number of amides is 1. The molecule has 0 atom stereocenters. The fourth-order valence-corrected chi connectivity index (χ4v) is 2.17. The lowest BCUT2D eigenvalue weighted by atomic mass is 10.00. The van der Waals surface area contributed by atoms with Gasteiger partial charge in [-0.3, -0.25) is 9.59 Å². The first-order valence-corrected chi connectivity index (χ1v) is 5.75. The van der Waals surface area contributed by atoms with Crippen LogP contribution in [0.5, 0.6) is 0 Å². The van der Waals surface area contributed by atoms with Gasteiger partial charge in [-0.05, 0) is 28.8 Å². The monoisotopic (exact) mass is 237 g/mol. The smallest absolute Gasteiger partial charge is 0.251 e. The molecule has 1 amide bonds. The highest BCUT2D eigenvalue weighted by molar-refractivity contribution is 5.98. The molecule has 88 valence electrons. The van der Waals surface area contributed by atoms with Crippen LogP contribution in [-0.2, 0) is 6.54 Å². The van der Waals surface area contributed by atoms with Crippen molar-refractivity contribution in [3.63, 3.8) is 0 Å². The molecular formula is C15H11NO2. The fraction of sp³-hybridized carbons (Fsp3) is 0.0667. The predicted octanol–water partition coefficient (Wildman–Crippen LogP) is 2.41. The van der Waals surface area contributed by atoms with Gasteiger partial charge in [0.05, 0.1) is 0 Å². The maximum absolute atomic E-state index is 11.4. The number of aldehydes is 1. The minimum atomic E-state index is -0.00662. The molecule has 0 aromatic heterocycles. The predicted molar refractivity (Wildman–Crippen MR) is 68.4 cm³/mol. The van der Waals surface area contributed by atoms with Gasteiger partial charge in [-0.25, -0.2) is 0 Å². The summed E-state index contributed by atoms with van der Waals surface area (Å²) in [6.07, 6.45) is 0.828. The lowest BCUT2D eigenvalue weighted by Gasteiger charge is -2.04. The Morgan fingerprint density at radius 1 is 1.00 bits per heavy atom. The van der Waals surface area contributed by atoms with Crippen LogP contribution in [0.3, 0.4) is 0 Å². The summed E-state index contributed by atoms with van der Waals surface area (Å²) in [6.45, 7) is 0.592. The number of hydrogen-bond donors (Lipinski definition) is 1. The van der Waals surface area contributed by atoms with Crippen molar-refractivity contribution in [2.24, 2.45) is 0 Å². The van der Waals surface area contributed by atoms with Gasteiger partial charge in [-0.1, -0.05) is 30.3 Å². The molecule has 1 heterocycles. The van der Waals surface area contributed by atoms with E-state index in [4.69, 9.17) is 0 Å². The van der Waals surface area contributed by atoms with E-state index >= 15 is 0 Å². The maximum Gasteiger partial charge on any atom is 0.251 e. The molecule has 18 heavy (non-hydrogen) atoms. The van der Waals surface area contributed by atoms with Crippen molar-refractivity contribution in [1.29, 1.82) is 0 Å². The van der Waals surface area contributed by atoms with Crippen molar-refractivity contribution in [3.8, 4) is 11.1 Å². The first-order valence-electron chi connectivity index (χ1n) is 5.75. The van der Waals surface area contributed by atoms with E-state index < -0.39 is 0 Å². The molecule has 3 rings (SSSR count). The maximum atomic E-state index is 11.4. The second-order valence-electron chi connectivity index (χ2n) is 4.29. The summed E-state index contributed by atoms with van der Waals surface area (Å²) >= 11 is 0. The first-order chi connectivity index (χ1) is 8.78. The van der Waals surface area contributed by atoms with Crippen LogP contribution < -0.4 is 5.32 Å². The van der Waals surface area contributed by atoms with E-state index in [1.54, 1.807) is 12.1 Å². The van der Waals surface area contributed by atoms with E-state index in [1.807, 2.05) is 30.3 Å². The van der Waals surface area contributed by atoms with E-state index in [2.05, 4.69) is 5.32 Å². The Balaban J connectivity index is 2.02. The van der Waals surface area contributed by atoms with Crippen LogP contribution in [-0.4, -0.2) is 12.2 Å². The number of carbonyl (C=O) groups is 2. The SMILES string of the molecule is O=Cc1ccc(-c2ccc3c(c2)CNC3=O)cc1. The average Bonchev–Trinajstić information content (AvgIpc) is 2.80. The zero-order chi connectivity index (χ0) is 12.5. The zero-order valence-electron chi connectivity index (χ0n) is 9.64. The van der Waals surface area contributed by atoms with Crippen molar-refractivity contribution in [1.82, 2.24) is 5.32 Å². The first kappa shape index (κ1) is 10.7. The molecule has 1 aliphatic heterocycles. The largest absolute Gasteiger partial charge is 0.348 e. The third-order valence-electron chi connectivity index (χ3n) is 3.17. The molecule has 3 heteroatoms. The summed E-state index contributed by atoms with van der Waals surface area (Å²) in [7, 11) is 0. The highest BCUT2D eigenvalue weighted by atomic mass is 16.1. The summed E-state index contributed by atoms with van der Waals surface area (Å²) in [6, 6.07) is 13.2. The number of benzene rings is 2. The topological polar surface area (TPSA) is 46.2 Å². The van der Waals surface area contributed by atoms with Crippen molar-refractivity contribution in [3.05, 3.63) is 59.2 Å². The third-order valence-corrected chi connectivity index (χ3v) is 3.17. The van der Waals surface area contributed by atoms with Crippen LogP contribution in [0.1, 0.15) is 26.3 Å². The van der Waals surface area contributed by atoms with Gasteiger partial charge in [0.2, 0.25) is 0 Å². The lowest BCUT2D eigenvalue weighted by Crippen LogP contribution is -2.12. The number of fused-ring (bicyclic) bond motifs is 1. The van der Waals surface area contributed by atoms with Crippen LogP contribution in [0, 0.1) is 0 Å². The quantitative estimate of drug-likeness (QED) is 0.815. The van der Waals surface area contributed by atoms with Crippen LogP contribution in [0.2, 0.25) is 0 Å². The number of rotatable bonds is 2. The minimum absolute atomic E-state index is 0.00662. The van der Waals surface area contributed by atoms with E-state index in [-0.39, 0.29) is 5.91 Å². The molecule has 0 bridgehead atoms. The Hall–Kier alpha value is -2.42. The van der Waals surface area contributed by atoms with E-state index in [0.717, 1.165) is 28.5 Å². The minimum Gasteiger partial charge on any atom is -0.348 e. The van der Waals surface area contributed by atoms with Gasteiger partial charge in [-0.15, -0.1) is 0 Å². The van der Waals surface area contributed by atoms with Gasteiger partial charge in [-0.2, -0.15) is 0 Å². The van der Waals surface area contributed by atoms with E-state index in [1.165, 1.54) is 0 Å². The zero-order valence-corrected chi connectivity index (χ0v) is 9.64. The van der Waals surface area contributed by atoms with Gasteiger partial charge in [0.25, 0.3) is 5.91 Å². The average molecular weight is 237 g/mol. The standard InChI is InChI=1S/C15H11NO2/c17-9-10-1-3-11(4-2-10)12-5-6-14-13(7-12)8-16-15(14)18/h1-7,9H,8H2,(H,16,18). The molecule has 0 fully saturated rings. The highest BCUT2D eigenvalue weighted by Gasteiger charge is 2.18. The summed E-state index contributed by atoms with van der Waals surface area (Å²) in [5.41, 5.74) is 4.54. The molecule has 1 N–H and O–H groups in total. The number of hydrogen-bond acceptors (Lipinski definition) is 2. The third kappa shape index (κ3) is 1.70. The Labute approximate surface area is 104 Å². The molecule has 0 aliphatic carbocycles. The Kier molecular flexibility index (Phi) is 2.45. The Morgan fingerprint density at radius 3 is 2.44 bits per heavy atom. The van der Waals surface area contributed by atoms with Crippen LogP contribution in [0.25, 0.3) is 11.1 Å². The van der Waals surface area contributed by atoms with Crippen molar-refractivity contribution in [2.75, 3.05) is 0 Å². The van der Waals surface area contributed by atoms with Gasteiger partial charge < -0.3 is 5.32 Å². The molecule has 0 unspecified atom stereocenters. The summed E-state index contributed by atoms with van der Waals surface area (Å²) in [5.74, 6) is -0.00662. The van der Waals surface area contributed by atoms with Gasteiger partial charge in [0, 0.05) is 17.7 Å². The molecule has 0 saturated carbocycles. The van der Waals surface area contributed by atoms with Crippen LogP contribution in [0.4, 0.5) is 0 Å². The highest BCUT2D eigenvalue weighted by Crippen LogP contribution is 2.25. The summed E-state index contributed by atoms with van der Waals surface area (Å²) in [5, 5.41) is 2.80. The lowest BCUT2D eigenvalue weighted by molar-refractivity contribution is 0.0965.